The lowest BCUT2D eigenvalue weighted by atomic mass is 10.2. The standard InChI is InChI=1S/C24H25N7O3/c1-31(2)10-3-11-34-23(33)7-6-22(32)30-21-13-18-20(14-26-21)27-15-28-24(18)29-17-4-5-19-16(12-17)8-9-25-19/h4-9,12-15,25H,3,10-11H2,1-2H3,(H,26,30,32)(H,27,28,29). The van der Waals surface area contributed by atoms with Gasteiger partial charge in [-0.05, 0) is 50.8 Å². The summed E-state index contributed by atoms with van der Waals surface area (Å²) in [6.45, 7) is 1.11. The molecular formula is C24H25N7O3. The SMILES string of the molecule is CN(C)CCCOC(=O)C=CC(=O)Nc1cc2c(Nc3ccc4[nH]ccc4c3)ncnc2cn1. The van der Waals surface area contributed by atoms with Crippen LogP contribution < -0.4 is 10.6 Å². The zero-order valence-electron chi connectivity index (χ0n) is 18.9. The van der Waals surface area contributed by atoms with Crippen LogP contribution in [-0.4, -0.2) is 64.0 Å². The number of ether oxygens (including phenoxy) is 1. The van der Waals surface area contributed by atoms with Crippen LogP contribution >= 0.6 is 0 Å². The Balaban J connectivity index is 1.42. The van der Waals surface area contributed by atoms with Gasteiger partial charge in [0.2, 0.25) is 5.91 Å². The van der Waals surface area contributed by atoms with Gasteiger partial charge in [0.1, 0.15) is 18.0 Å². The highest BCUT2D eigenvalue weighted by Gasteiger charge is 2.09. The van der Waals surface area contributed by atoms with Gasteiger partial charge in [0.05, 0.1) is 18.3 Å². The fourth-order valence-corrected chi connectivity index (χ4v) is 3.31. The number of esters is 1. The Bertz CT molecular complexity index is 1350. The molecule has 3 heterocycles. The minimum absolute atomic E-state index is 0.294. The molecule has 0 saturated heterocycles. The molecule has 0 aliphatic carbocycles. The minimum atomic E-state index is -0.570. The van der Waals surface area contributed by atoms with E-state index in [1.54, 1.807) is 12.3 Å². The van der Waals surface area contributed by atoms with Gasteiger partial charge in [-0.1, -0.05) is 0 Å². The quantitative estimate of drug-likeness (QED) is 0.198. The first-order valence-corrected chi connectivity index (χ1v) is 10.7. The number of fused-ring (bicyclic) bond motifs is 2. The van der Waals surface area contributed by atoms with Crippen molar-refractivity contribution in [3.8, 4) is 0 Å². The van der Waals surface area contributed by atoms with Crippen molar-refractivity contribution < 1.29 is 14.3 Å². The lowest BCUT2D eigenvalue weighted by Crippen LogP contribution is -2.16. The summed E-state index contributed by atoms with van der Waals surface area (Å²) in [5.74, 6) is -0.184. The number of anilines is 3. The molecule has 174 valence electrons. The fourth-order valence-electron chi connectivity index (χ4n) is 3.31. The number of pyridine rings is 1. The third-order valence-corrected chi connectivity index (χ3v) is 4.95. The zero-order chi connectivity index (χ0) is 23.9. The lowest BCUT2D eigenvalue weighted by molar-refractivity contribution is -0.138. The Kier molecular flexibility index (Phi) is 7.09. The van der Waals surface area contributed by atoms with Crippen molar-refractivity contribution >= 4 is 51.0 Å². The van der Waals surface area contributed by atoms with Gasteiger partial charge < -0.3 is 25.3 Å². The zero-order valence-corrected chi connectivity index (χ0v) is 18.9. The van der Waals surface area contributed by atoms with Crippen LogP contribution in [0.25, 0.3) is 21.8 Å². The maximum Gasteiger partial charge on any atom is 0.330 e. The maximum absolute atomic E-state index is 12.2. The van der Waals surface area contributed by atoms with Crippen LogP contribution in [0.3, 0.4) is 0 Å². The number of carbonyl (C=O) groups is 2. The molecule has 0 radical (unpaired) electrons. The highest BCUT2D eigenvalue weighted by Crippen LogP contribution is 2.26. The van der Waals surface area contributed by atoms with Crippen LogP contribution in [0.5, 0.6) is 0 Å². The highest BCUT2D eigenvalue weighted by atomic mass is 16.5. The topological polar surface area (TPSA) is 125 Å². The number of rotatable bonds is 9. The minimum Gasteiger partial charge on any atom is -0.462 e. The lowest BCUT2D eigenvalue weighted by Gasteiger charge is -2.10. The van der Waals surface area contributed by atoms with Gasteiger partial charge in [-0.15, -0.1) is 0 Å². The van der Waals surface area contributed by atoms with Crippen molar-refractivity contribution in [2.75, 3.05) is 37.9 Å². The van der Waals surface area contributed by atoms with Crippen molar-refractivity contribution in [1.29, 1.82) is 0 Å². The number of hydrogen-bond acceptors (Lipinski definition) is 8. The van der Waals surface area contributed by atoms with Gasteiger partial charge in [0.25, 0.3) is 0 Å². The van der Waals surface area contributed by atoms with E-state index in [1.165, 1.54) is 6.33 Å². The van der Waals surface area contributed by atoms with Crippen molar-refractivity contribution in [2.24, 2.45) is 0 Å². The summed E-state index contributed by atoms with van der Waals surface area (Å²) in [7, 11) is 3.89. The summed E-state index contributed by atoms with van der Waals surface area (Å²) in [6.07, 6.45) is 7.82. The van der Waals surface area contributed by atoms with E-state index in [1.807, 2.05) is 49.5 Å². The average molecular weight is 460 g/mol. The Morgan fingerprint density at radius 1 is 1.12 bits per heavy atom. The predicted molar refractivity (Wildman–Crippen MR) is 131 cm³/mol. The molecule has 0 aliphatic heterocycles. The molecular weight excluding hydrogens is 434 g/mol. The van der Waals surface area contributed by atoms with Gasteiger partial charge >= 0.3 is 5.97 Å². The van der Waals surface area contributed by atoms with E-state index in [0.717, 1.165) is 41.7 Å². The van der Waals surface area contributed by atoms with Crippen molar-refractivity contribution in [3.05, 3.63) is 61.2 Å². The van der Waals surface area contributed by atoms with Gasteiger partial charge in [-0.25, -0.2) is 19.7 Å². The monoisotopic (exact) mass is 459 g/mol. The van der Waals surface area contributed by atoms with Crippen LogP contribution in [-0.2, 0) is 14.3 Å². The third-order valence-electron chi connectivity index (χ3n) is 4.95. The van der Waals surface area contributed by atoms with Gasteiger partial charge in [-0.2, -0.15) is 0 Å². The molecule has 0 fully saturated rings. The second kappa shape index (κ2) is 10.5. The van der Waals surface area contributed by atoms with E-state index in [4.69, 9.17) is 4.74 Å². The van der Waals surface area contributed by atoms with Crippen molar-refractivity contribution in [1.82, 2.24) is 24.8 Å². The van der Waals surface area contributed by atoms with Gasteiger partial charge in [0, 0.05) is 46.9 Å². The summed E-state index contributed by atoms with van der Waals surface area (Å²) >= 11 is 0. The molecule has 1 aromatic carbocycles. The molecule has 4 rings (SSSR count). The van der Waals surface area contributed by atoms with Crippen LogP contribution in [0.15, 0.2) is 61.2 Å². The van der Waals surface area contributed by atoms with Crippen LogP contribution in [0.4, 0.5) is 17.3 Å². The first-order chi connectivity index (χ1) is 16.5. The summed E-state index contributed by atoms with van der Waals surface area (Å²) in [6, 6.07) is 9.60. The Hall–Kier alpha value is -4.31. The summed E-state index contributed by atoms with van der Waals surface area (Å²) in [4.78, 5) is 42.0. The predicted octanol–water partition coefficient (Wildman–Crippen LogP) is 3.24. The third kappa shape index (κ3) is 5.93. The molecule has 0 spiro atoms. The van der Waals surface area contributed by atoms with E-state index in [2.05, 4.69) is 30.6 Å². The molecule has 3 N–H and O–H groups in total. The number of hydrogen-bond donors (Lipinski definition) is 3. The molecule has 1 amide bonds. The second-order valence-corrected chi connectivity index (χ2v) is 7.86. The average Bonchev–Trinajstić information content (AvgIpc) is 3.29. The Morgan fingerprint density at radius 2 is 2.00 bits per heavy atom. The highest BCUT2D eigenvalue weighted by molar-refractivity contribution is 6.03. The van der Waals surface area contributed by atoms with Crippen LogP contribution in [0, 0.1) is 0 Å². The normalized spacial score (nSPS) is 11.4. The molecule has 0 atom stereocenters. The van der Waals surface area contributed by atoms with Crippen molar-refractivity contribution in [3.63, 3.8) is 0 Å². The molecule has 4 aromatic rings. The van der Waals surface area contributed by atoms with Gasteiger partial charge in [-0.3, -0.25) is 4.79 Å². The molecule has 10 heteroatoms. The van der Waals surface area contributed by atoms with E-state index in [9.17, 15) is 9.59 Å². The molecule has 0 unspecified atom stereocenters. The summed E-state index contributed by atoms with van der Waals surface area (Å²) in [5, 5.41) is 7.70. The number of nitrogens with one attached hydrogen (secondary N) is 3. The molecule has 0 saturated carbocycles. The maximum atomic E-state index is 12.2. The smallest absolute Gasteiger partial charge is 0.330 e. The number of aromatic amines is 1. The van der Waals surface area contributed by atoms with E-state index in [-0.39, 0.29) is 0 Å². The molecule has 10 nitrogen and oxygen atoms in total. The molecule has 0 aliphatic rings. The number of carbonyl (C=O) groups excluding carboxylic acids is 2. The number of aromatic nitrogens is 4. The number of amides is 1. The Morgan fingerprint density at radius 3 is 2.85 bits per heavy atom. The first kappa shape index (κ1) is 22.9. The largest absolute Gasteiger partial charge is 0.462 e. The number of nitrogens with zero attached hydrogens (tertiary/aromatic N) is 4. The van der Waals surface area contributed by atoms with Crippen LogP contribution in [0.2, 0.25) is 0 Å². The fraction of sp³-hybridized carbons (Fsp3) is 0.208. The van der Waals surface area contributed by atoms with Crippen LogP contribution in [0.1, 0.15) is 6.42 Å². The summed E-state index contributed by atoms with van der Waals surface area (Å²) < 4.78 is 5.07. The second-order valence-electron chi connectivity index (χ2n) is 7.86. The Labute approximate surface area is 196 Å². The summed E-state index contributed by atoms with van der Waals surface area (Å²) in [5.41, 5.74) is 2.52. The van der Waals surface area contributed by atoms with E-state index < -0.39 is 11.9 Å². The number of H-pyrrole nitrogens is 1. The molecule has 3 aromatic heterocycles. The van der Waals surface area contributed by atoms with E-state index in [0.29, 0.717) is 29.1 Å². The number of benzene rings is 1. The van der Waals surface area contributed by atoms with E-state index >= 15 is 0 Å². The first-order valence-electron chi connectivity index (χ1n) is 10.7. The van der Waals surface area contributed by atoms with Gasteiger partial charge in [0.15, 0.2) is 0 Å². The molecule has 0 bridgehead atoms. The van der Waals surface area contributed by atoms with Crippen molar-refractivity contribution in [2.45, 2.75) is 6.42 Å². The molecule has 34 heavy (non-hydrogen) atoms.